The molecule has 0 spiro atoms. The first kappa shape index (κ1) is 18.6. The maximum Gasteiger partial charge on any atom is 0.265 e. The topological polar surface area (TPSA) is 95.5 Å². The van der Waals surface area contributed by atoms with Gasteiger partial charge in [-0.15, -0.1) is 0 Å². The zero-order chi connectivity index (χ0) is 19.3. The van der Waals surface area contributed by atoms with Gasteiger partial charge in [-0.1, -0.05) is 29.8 Å². The van der Waals surface area contributed by atoms with Gasteiger partial charge in [0.1, 0.15) is 0 Å². The van der Waals surface area contributed by atoms with Crippen LogP contribution in [-0.2, 0) is 20.4 Å². The van der Waals surface area contributed by atoms with E-state index in [4.69, 9.17) is 0 Å². The monoisotopic (exact) mass is 374 g/mol. The largest absolute Gasteiger partial charge is 0.372 e. The first-order valence-electron chi connectivity index (χ1n) is 8.23. The standard InChI is InChI=1S/C19H22N2O4S/c1-12-5-10-16-15(11-12)19(23,17(22)20-16)13-6-8-14(9-7-13)26(24,25)21-18(2,3)4/h5-11,21,23H,1-4H3,(H,20,22). The zero-order valence-electron chi connectivity index (χ0n) is 15.1. The van der Waals surface area contributed by atoms with E-state index in [1.54, 1.807) is 32.9 Å². The van der Waals surface area contributed by atoms with Crippen LogP contribution in [0, 0.1) is 6.92 Å². The van der Waals surface area contributed by atoms with E-state index in [0.717, 1.165) is 5.56 Å². The van der Waals surface area contributed by atoms with Crippen LogP contribution in [0.3, 0.4) is 0 Å². The third kappa shape index (κ3) is 3.13. The highest BCUT2D eigenvalue weighted by atomic mass is 32.2. The Balaban J connectivity index is 2.02. The molecule has 0 aromatic heterocycles. The zero-order valence-corrected chi connectivity index (χ0v) is 15.9. The smallest absolute Gasteiger partial charge is 0.265 e. The van der Waals surface area contributed by atoms with Crippen LogP contribution in [-0.4, -0.2) is 25.0 Å². The van der Waals surface area contributed by atoms with Gasteiger partial charge < -0.3 is 10.4 Å². The van der Waals surface area contributed by atoms with Crippen LogP contribution in [0.2, 0.25) is 0 Å². The predicted octanol–water partition coefficient (Wildman–Crippen LogP) is 2.26. The average molecular weight is 374 g/mol. The molecule has 1 amide bonds. The SMILES string of the molecule is Cc1ccc2c(c1)C(O)(c1ccc(S(=O)(=O)NC(C)(C)C)cc1)C(=O)N2. The van der Waals surface area contributed by atoms with Gasteiger partial charge in [-0.25, -0.2) is 13.1 Å². The highest BCUT2D eigenvalue weighted by Gasteiger charge is 2.46. The maximum atomic E-state index is 12.4. The van der Waals surface area contributed by atoms with E-state index >= 15 is 0 Å². The molecule has 1 aliphatic rings. The molecular formula is C19H22N2O4S. The normalized spacial score (nSPS) is 20.0. The number of hydrogen-bond donors (Lipinski definition) is 3. The highest BCUT2D eigenvalue weighted by Crippen LogP contribution is 2.41. The average Bonchev–Trinajstić information content (AvgIpc) is 2.78. The Labute approximate surface area is 153 Å². The molecule has 0 bridgehead atoms. The summed E-state index contributed by atoms with van der Waals surface area (Å²) in [5, 5.41) is 13.8. The van der Waals surface area contributed by atoms with Crippen LogP contribution in [0.5, 0.6) is 0 Å². The maximum absolute atomic E-state index is 12.4. The van der Waals surface area contributed by atoms with Gasteiger partial charge in [0.15, 0.2) is 5.60 Å². The Morgan fingerprint density at radius 2 is 1.69 bits per heavy atom. The van der Waals surface area contributed by atoms with Crippen molar-refractivity contribution in [2.75, 3.05) is 5.32 Å². The summed E-state index contributed by atoms with van der Waals surface area (Å²) < 4.78 is 27.4. The number of nitrogens with one attached hydrogen (secondary N) is 2. The van der Waals surface area contributed by atoms with Gasteiger partial charge in [0.2, 0.25) is 10.0 Å². The second-order valence-electron chi connectivity index (χ2n) is 7.59. The summed E-state index contributed by atoms with van der Waals surface area (Å²) in [7, 11) is -3.69. The first-order valence-corrected chi connectivity index (χ1v) is 9.71. The lowest BCUT2D eigenvalue weighted by Crippen LogP contribution is -2.40. The van der Waals surface area contributed by atoms with Gasteiger partial charge >= 0.3 is 0 Å². The minimum atomic E-state index is -3.69. The fourth-order valence-electron chi connectivity index (χ4n) is 3.03. The van der Waals surface area contributed by atoms with Crippen LogP contribution in [0.1, 0.15) is 37.5 Å². The molecule has 138 valence electrons. The van der Waals surface area contributed by atoms with Crippen molar-refractivity contribution in [1.82, 2.24) is 4.72 Å². The lowest BCUT2D eigenvalue weighted by Gasteiger charge is -2.23. The molecule has 2 aromatic rings. The molecule has 1 unspecified atom stereocenters. The molecule has 1 aliphatic heterocycles. The van der Waals surface area contributed by atoms with E-state index in [-0.39, 0.29) is 4.90 Å². The molecule has 0 fully saturated rings. The van der Waals surface area contributed by atoms with Crippen molar-refractivity contribution in [2.45, 2.75) is 43.7 Å². The molecule has 1 atom stereocenters. The van der Waals surface area contributed by atoms with Crippen molar-refractivity contribution >= 4 is 21.6 Å². The van der Waals surface area contributed by atoms with Crippen molar-refractivity contribution in [3.8, 4) is 0 Å². The van der Waals surface area contributed by atoms with Crippen LogP contribution in [0.15, 0.2) is 47.4 Å². The number of aliphatic hydroxyl groups is 1. The number of aryl methyl sites for hydroxylation is 1. The van der Waals surface area contributed by atoms with Crippen molar-refractivity contribution in [1.29, 1.82) is 0 Å². The summed E-state index contributed by atoms with van der Waals surface area (Å²) >= 11 is 0. The second-order valence-corrected chi connectivity index (χ2v) is 9.28. The van der Waals surface area contributed by atoms with Crippen molar-refractivity contribution in [3.63, 3.8) is 0 Å². The molecule has 3 N–H and O–H groups in total. The Hall–Kier alpha value is -2.22. The Bertz CT molecular complexity index is 976. The molecule has 7 heteroatoms. The summed E-state index contributed by atoms with van der Waals surface area (Å²) in [5.74, 6) is -0.554. The Kier molecular flexibility index (Phi) is 4.22. The number of sulfonamides is 1. The Morgan fingerprint density at radius 1 is 1.08 bits per heavy atom. The number of anilines is 1. The summed E-state index contributed by atoms with van der Waals surface area (Å²) in [6.07, 6.45) is 0. The fourth-order valence-corrected chi connectivity index (χ4v) is 4.44. The number of rotatable bonds is 3. The summed E-state index contributed by atoms with van der Waals surface area (Å²) in [6.45, 7) is 7.13. The van der Waals surface area contributed by atoms with Crippen molar-refractivity contribution in [2.24, 2.45) is 0 Å². The quantitative estimate of drug-likeness (QED) is 0.768. The summed E-state index contributed by atoms with van der Waals surface area (Å²) in [6, 6.07) is 11.1. The lowest BCUT2D eigenvalue weighted by atomic mass is 9.87. The number of carbonyl (C=O) groups is 1. The summed E-state index contributed by atoms with van der Waals surface area (Å²) in [5.41, 5.74) is -0.222. The lowest BCUT2D eigenvalue weighted by molar-refractivity contribution is -0.129. The van der Waals surface area contributed by atoms with Crippen LogP contribution in [0.4, 0.5) is 5.69 Å². The number of hydrogen-bond acceptors (Lipinski definition) is 4. The van der Waals surface area contributed by atoms with Gasteiger partial charge in [0.05, 0.1) is 4.90 Å². The second kappa shape index (κ2) is 5.90. The first-order chi connectivity index (χ1) is 11.9. The number of fused-ring (bicyclic) bond motifs is 1. The van der Waals surface area contributed by atoms with E-state index < -0.39 is 27.1 Å². The molecule has 2 aromatic carbocycles. The van der Waals surface area contributed by atoms with E-state index in [0.29, 0.717) is 16.8 Å². The minimum absolute atomic E-state index is 0.0719. The van der Waals surface area contributed by atoms with Gasteiger partial charge in [-0.2, -0.15) is 0 Å². The number of carbonyl (C=O) groups excluding carboxylic acids is 1. The highest BCUT2D eigenvalue weighted by molar-refractivity contribution is 7.89. The van der Waals surface area contributed by atoms with Gasteiger partial charge in [0.25, 0.3) is 5.91 Å². The van der Waals surface area contributed by atoms with E-state index in [9.17, 15) is 18.3 Å². The molecule has 1 heterocycles. The van der Waals surface area contributed by atoms with Crippen molar-refractivity contribution in [3.05, 3.63) is 59.2 Å². The van der Waals surface area contributed by atoms with E-state index in [2.05, 4.69) is 10.0 Å². The van der Waals surface area contributed by atoms with Crippen molar-refractivity contribution < 1.29 is 18.3 Å². The fraction of sp³-hybridized carbons (Fsp3) is 0.316. The van der Waals surface area contributed by atoms with Crippen LogP contribution in [0.25, 0.3) is 0 Å². The number of amides is 1. The molecule has 26 heavy (non-hydrogen) atoms. The van der Waals surface area contributed by atoms with E-state index in [1.807, 2.05) is 13.0 Å². The molecule has 0 saturated carbocycles. The third-order valence-electron chi connectivity index (χ3n) is 4.16. The third-order valence-corrected chi connectivity index (χ3v) is 5.94. The molecule has 3 rings (SSSR count). The van der Waals surface area contributed by atoms with E-state index in [1.165, 1.54) is 24.3 Å². The number of benzene rings is 2. The van der Waals surface area contributed by atoms with Gasteiger partial charge in [-0.05, 0) is 51.5 Å². The molecule has 0 radical (unpaired) electrons. The predicted molar refractivity (Wildman–Crippen MR) is 99.3 cm³/mol. The summed E-state index contributed by atoms with van der Waals surface area (Å²) in [4.78, 5) is 12.5. The molecular weight excluding hydrogens is 352 g/mol. The molecule has 0 saturated heterocycles. The van der Waals surface area contributed by atoms with Gasteiger partial charge in [0, 0.05) is 16.8 Å². The molecule has 0 aliphatic carbocycles. The Morgan fingerprint density at radius 3 is 2.27 bits per heavy atom. The molecule has 6 nitrogen and oxygen atoms in total. The van der Waals surface area contributed by atoms with Crippen LogP contribution < -0.4 is 10.0 Å². The van der Waals surface area contributed by atoms with Gasteiger partial charge in [-0.3, -0.25) is 4.79 Å². The van der Waals surface area contributed by atoms with Crippen LogP contribution >= 0.6 is 0 Å². The minimum Gasteiger partial charge on any atom is -0.372 e.